The second-order valence-corrected chi connectivity index (χ2v) is 11.3. The fourth-order valence-corrected chi connectivity index (χ4v) is 6.37. The third-order valence-corrected chi connectivity index (χ3v) is 8.84. The minimum atomic E-state index is -6.15. The highest BCUT2D eigenvalue weighted by Gasteiger charge is 2.71. The van der Waals surface area contributed by atoms with E-state index in [1.165, 1.54) is 6.92 Å². The van der Waals surface area contributed by atoms with Gasteiger partial charge in [0.1, 0.15) is 5.82 Å². The summed E-state index contributed by atoms with van der Waals surface area (Å²) in [4.78, 5) is 12.5. The van der Waals surface area contributed by atoms with Crippen molar-refractivity contribution in [1.82, 2.24) is 5.32 Å². The zero-order valence-electron chi connectivity index (χ0n) is 21.2. The van der Waals surface area contributed by atoms with Gasteiger partial charge in [0.2, 0.25) is 5.91 Å². The van der Waals surface area contributed by atoms with Gasteiger partial charge in [-0.1, -0.05) is 26.0 Å². The molecule has 1 heterocycles. The predicted octanol–water partition coefficient (Wildman–Crippen LogP) is 4.17. The van der Waals surface area contributed by atoms with Crippen LogP contribution in [0.25, 0.3) is 0 Å². The van der Waals surface area contributed by atoms with E-state index in [9.17, 15) is 54.2 Å². The number of halogens is 7. The Morgan fingerprint density at radius 1 is 1.07 bits per heavy atom. The molecule has 0 bridgehead atoms. The number of aliphatic hydroxyl groups is 2. The van der Waals surface area contributed by atoms with Crippen molar-refractivity contribution < 1.29 is 54.2 Å². The van der Waals surface area contributed by atoms with Crippen LogP contribution in [0.1, 0.15) is 37.8 Å². The van der Waals surface area contributed by atoms with Gasteiger partial charge in [-0.25, -0.2) is 12.8 Å². The highest BCUT2D eigenvalue weighted by atomic mass is 32.2. The first kappa shape index (κ1) is 31.6. The fraction of sp³-hybridized carbons (Fsp3) is 0.480. The number of amides is 1. The average molecular weight is 601 g/mol. The largest absolute Gasteiger partial charge is 0.430 e. The lowest BCUT2D eigenvalue weighted by atomic mass is 9.85. The number of hydrogen-bond acceptors (Lipinski definition) is 5. The first-order valence-electron chi connectivity index (χ1n) is 12.1. The summed E-state index contributed by atoms with van der Waals surface area (Å²) >= 11 is 0. The number of aryl methyl sites for hydroxylation is 1. The number of alkyl halides is 6. The van der Waals surface area contributed by atoms with Crippen LogP contribution >= 0.6 is 0 Å². The lowest BCUT2D eigenvalue weighted by Gasteiger charge is -2.41. The molecule has 0 fully saturated rings. The molecule has 0 aromatic heterocycles. The average Bonchev–Trinajstić information content (AvgIpc) is 2.88. The van der Waals surface area contributed by atoms with Crippen molar-refractivity contribution in [3.63, 3.8) is 0 Å². The van der Waals surface area contributed by atoms with Crippen LogP contribution in [-0.4, -0.2) is 55.6 Å². The van der Waals surface area contributed by atoms with E-state index >= 15 is 0 Å². The zero-order chi connectivity index (χ0) is 30.3. The summed E-state index contributed by atoms with van der Waals surface area (Å²) in [5.74, 6) is -2.50. The van der Waals surface area contributed by atoms with Crippen molar-refractivity contribution in [2.45, 2.75) is 68.0 Å². The summed E-state index contributed by atoms with van der Waals surface area (Å²) in [6.45, 7) is 2.68. The Kier molecular flexibility index (Phi) is 8.82. The van der Waals surface area contributed by atoms with Crippen LogP contribution in [0.4, 0.5) is 36.4 Å². The molecule has 3 rings (SSSR count). The third-order valence-electron chi connectivity index (χ3n) is 6.99. The van der Waals surface area contributed by atoms with Gasteiger partial charge in [0.25, 0.3) is 15.6 Å². The van der Waals surface area contributed by atoms with Crippen molar-refractivity contribution in [3.8, 4) is 0 Å². The number of carbonyl (C=O) groups excluding carboxylic acids is 1. The van der Waals surface area contributed by atoms with Crippen molar-refractivity contribution in [2.24, 2.45) is 5.92 Å². The SMILES string of the molecule is CCC(CO)NC(=O)C(C)C1CCc2cc(C(O)(C(F)(F)F)C(F)(F)F)ccc2N1S(=O)(=O)c1ccc(F)cc1. The minimum absolute atomic E-state index is 0.197. The van der Waals surface area contributed by atoms with Gasteiger partial charge in [0, 0.05) is 5.56 Å². The molecule has 1 aliphatic rings. The standard InChI is InChI=1S/C25H27F7N2O5S/c1-3-18(13-35)33-22(36)14(2)20-10-4-15-12-16(23(37,24(27,28)29)25(30,31)32)5-11-21(15)34(20)40(38,39)19-8-6-17(26)7-9-19/h5-9,11-12,14,18,20,35,37H,3-4,10,13H2,1-2H3,(H,33,36). The molecule has 0 aliphatic carbocycles. The van der Waals surface area contributed by atoms with Crippen molar-refractivity contribution in [2.75, 3.05) is 10.9 Å². The minimum Gasteiger partial charge on any atom is -0.394 e. The number of carbonyl (C=O) groups is 1. The molecule has 2 aromatic rings. The molecule has 0 spiro atoms. The Morgan fingerprint density at radius 2 is 1.65 bits per heavy atom. The second kappa shape index (κ2) is 11.2. The van der Waals surface area contributed by atoms with Crippen LogP contribution in [0.15, 0.2) is 47.4 Å². The van der Waals surface area contributed by atoms with Gasteiger partial charge in [-0.05, 0) is 55.2 Å². The van der Waals surface area contributed by atoms with Crippen LogP contribution in [0.3, 0.4) is 0 Å². The smallest absolute Gasteiger partial charge is 0.394 e. The summed E-state index contributed by atoms with van der Waals surface area (Å²) < 4.78 is 123. The topological polar surface area (TPSA) is 107 Å². The number of hydrogen-bond donors (Lipinski definition) is 3. The molecule has 0 saturated heterocycles. The van der Waals surface area contributed by atoms with Crippen molar-refractivity contribution in [1.29, 1.82) is 0 Å². The lowest BCUT2D eigenvalue weighted by molar-refractivity contribution is -0.376. The Labute approximate surface area is 225 Å². The van der Waals surface area contributed by atoms with Crippen LogP contribution in [0.5, 0.6) is 0 Å². The first-order chi connectivity index (χ1) is 18.4. The number of rotatable bonds is 8. The molecule has 3 N–H and O–H groups in total. The number of nitrogens with zero attached hydrogens (tertiary/aromatic N) is 1. The Hall–Kier alpha value is -2.91. The van der Waals surface area contributed by atoms with Crippen LogP contribution < -0.4 is 9.62 Å². The maximum absolute atomic E-state index is 13.8. The zero-order valence-corrected chi connectivity index (χ0v) is 22.0. The van der Waals surface area contributed by atoms with E-state index in [0.29, 0.717) is 24.6 Å². The van der Waals surface area contributed by atoms with Crippen LogP contribution in [0, 0.1) is 11.7 Å². The second-order valence-electron chi connectivity index (χ2n) is 9.50. The molecule has 7 nitrogen and oxygen atoms in total. The molecular formula is C25H27F7N2O5S. The quantitative estimate of drug-likeness (QED) is 0.395. The molecule has 3 atom stereocenters. The molecular weight excluding hydrogens is 573 g/mol. The van der Waals surface area contributed by atoms with E-state index in [1.54, 1.807) is 6.92 Å². The molecule has 1 aliphatic heterocycles. The van der Waals surface area contributed by atoms with E-state index in [0.717, 1.165) is 28.6 Å². The molecule has 40 heavy (non-hydrogen) atoms. The lowest BCUT2D eigenvalue weighted by Crippen LogP contribution is -2.54. The Morgan fingerprint density at radius 3 is 2.15 bits per heavy atom. The summed E-state index contributed by atoms with van der Waals surface area (Å²) in [6, 6.07) is 3.26. The van der Waals surface area contributed by atoms with E-state index in [2.05, 4.69) is 5.32 Å². The van der Waals surface area contributed by atoms with E-state index in [1.807, 2.05) is 0 Å². The van der Waals surface area contributed by atoms with Gasteiger partial charge in [0.15, 0.2) is 0 Å². The number of anilines is 1. The van der Waals surface area contributed by atoms with E-state index in [-0.39, 0.29) is 24.1 Å². The van der Waals surface area contributed by atoms with Crippen molar-refractivity contribution >= 4 is 21.6 Å². The molecule has 15 heteroatoms. The van der Waals surface area contributed by atoms with Gasteiger partial charge in [-0.2, -0.15) is 26.3 Å². The van der Waals surface area contributed by atoms with Gasteiger partial charge in [0.05, 0.1) is 35.2 Å². The van der Waals surface area contributed by atoms with Gasteiger partial charge >= 0.3 is 12.4 Å². The summed E-state index contributed by atoms with van der Waals surface area (Å²) in [5, 5.41) is 21.8. The van der Waals surface area contributed by atoms with E-state index < -0.39 is 74.8 Å². The number of sulfonamides is 1. The van der Waals surface area contributed by atoms with Gasteiger partial charge in [-0.3, -0.25) is 9.10 Å². The van der Waals surface area contributed by atoms with Gasteiger partial charge in [-0.15, -0.1) is 0 Å². The fourth-order valence-electron chi connectivity index (χ4n) is 4.58. The summed E-state index contributed by atoms with van der Waals surface area (Å²) in [6.07, 6.45) is -12.4. The molecule has 222 valence electrons. The normalized spacial score (nSPS) is 18.2. The number of nitrogens with one attached hydrogen (secondary N) is 1. The summed E-state index contributed by atoms with van der Waals surface area (Å²) in [5.41, 5.74) is -7.33. The molecule has 1 amide bonds. The summed E-state index contributed by atoms with van der Waals surface area (Å²) in [7, 11) is -4.63. The van der Waals surface area contributed by atoms with Crippen LogP contribution in [-0.2, 0) is 26.8 Å². The molecule has 0 saturated carbocycles. The van der Waals surface area contributed by atoms with Crippen LogP contribution in [0.2, 0.25) is 0 Å². The third kappa shape index (κ3) is 5.63. The Bertz CT molecular complexity index is 1310. The predicted molar refractivity (Wildman–Crippen MR) is 129 cm³/mol. The van der Waals surface area contributed by atoms with Crippen molar-refractivity contribution in [3.05, 3.63) is 59.4 Å². The highest BCUT2D eigenvalue weighted by Crippen LogP contribution is 2.51. The molecule has 2 aromatic carbocycles. The monoisotopic (exact) mass is 600 g/mol. The maximum Gasteiger partial charge on any atom is 0.430 e. The maximum atomic E-state index is 13.8. The van der Waals surface area contributed by atoms with E-state index in [4.69, 9.17) is 0 Å². The molecule has 0 radical (unpaired) electrons. The number of benzene rings is 2. The Balaban J connectivity index is 2.18. The highest BCUT2D eigenvalue weighted by molar-refractivity contribution is 7.92. The van der Waals surface area contributed by atoms with Gasteiger partial charge < -0.3 is 15.5 Å². The molecule has 3 unspecified atom stereocenters. The first-order valence-corrected chi connectivity index (χ1v) is 13.5. The number of fused-ring (bicyclic) bond motifs is 1. The number of aliphatic hydroxyl groups excluding tert-OH is 1.